The summed E-state index contributed by atoms with van der Waals surface area (Å²) in [5, 5.41) is 0. The van der Waals surface area contributed by atoms with Crippen molar-refractivity contribution in [3.8, 4) is 0 Å². The van der Waals surface area contributed by atoms with Crippen LogP contribution in [-0.2, 0) is 12.8 Å². The van der Waals surface area contributed by atoms with Crippen molar-refractivity contribution < 1.29 is 0 Å². The molecule has 2 nitrogen and oxygen atoms in total. The molecule has 2 aliphatic heterocycles. The van der Waals surface area contributed by atoms with Crippen LogP contribution in [-0.4, -0.2) is 37.0 Å². The Bertz CT molecular complexity index is 824. The second-order valence-corrected chi connectivity index (χ2v) is 10.6. The van der Waals surface area contributed by atoms with E-state index in [0.29, 0.717) is 23.9 Å². The van der Waals surface area contributed by atoms with Crippen LogP contribution in [0, 0.1) is 0 Å². The van der Waals surface area contributed by atoms with Crippen LogP contribution < -0.4 is 0 Å². The summed E-state index contributed by atoms with van der Waals surface area (Å²) >= 11 is 0. The Morgan fingerprint density at radius 2 is 1.13 bits per heavy atom. The number of benzene rings is 2. The van der Waals surface area contributed by atoms with E-state index in [2.05, 4.69) is 88.0 Å². The van der Waals surface area contributed by atoms with E-state index in [-0.39, 0.29) is 0 Å². The average Bonchev–Trinajstić information content (AvgIpc) is 2.75. The molecule has 2 heterocycles. The Hall–Kier alpha value is -1.64. The molecule has 2 heteroatoms. The minimum Gasteiger partial charge on any atom is -0.299 e. The second kappa shape index (κ2) is 9.46. The summed E-state index contributed by atoms with van der Waals surface area (Å²) in [6, 6.07) is 15.2. The molecular weight excluding hydrogens is 376 g/mol. The largest absolute Gasteiger partial charge is 0.299 e. The van der Waals surface area contributed by atoms with Crippen LogP contribution in [0.5, 0.6) is 0 Å². The first-order valence-corrected chi connectivity index (χ1v) is 12.5. The molecule has 0 radical (unpaired) electrons. The summed E-state index contributed by atoms with van der Waals surface area (Å²) in [6.07, 6.45) is 6.19. The Balaban J connectivity index is 1.55. The minimum atomic E-state index is 0.566. The smallest absolute Gasteiger partial charge is 0.0350 e. The molecule has 2 aliphatic rings. The zero-order chi connectivity index (χ0) is 22.1. The van der Waals surface area contributed by atoms with Gasteiger partial charge < -0.3 is 0 Å². The van der Waals surface area contributed by atoms with E-state index in [1.807, 2.05) is 0 Å². The van der Waals surface area contributed by atoms with Gasteiger partial charge in [-0.2, -0.15) is 0 Å². The van der Waals surface area contributed by atoms with Crippen LogP contribution in [0.1, 0.15) is 104 Å². The summed E-state index contributed by atoms with van der Waals surface area (Å²) in [5.74, 6) is 1.18. The fraction of sp³-hybridized carbons (Fsp3) is 0.586. The van der Waals surface area contributed by atoms with Crippen molar-refractivity contribution in [1.29, 1.82) is 0 Å². The van der Waals surface area contributed by atoms with Gasteiger partial charge in [-0.1, -0.05) is 64.1 Å². The maximum absolute atomic E-state index is 2.62. The van der Waals surface area contributed by atoms with Gasteiger partial charge in [-0.3, -0.25) is 9.80 Å². The van der Waals surface area contributed by atoms with E-state index in [1.165, 1.54) is 45.2 Å². The summed E-state index contributed by atoms with van der Waals surface area (Å²) in [7, 11) is 4.67. The molecule has 31 heavy (non-hydrogen) atoms. The molecule has 0 fully saturated rings. The molecule has 0 spiro atoms. The molecular formula is C29H42N2. The number of hydrogen-bond donors (Lipinski definition) is 0. The van der Waals surface area contributed by atoms with Crippen LogP contribution in [0.4, 0.5) is 0 Å². The van der Waals surface area contributed by atoms with E-state index in [9.17, 15) is 0 Å². The third kappa shape index (κ3) is 4.47. The molecule has 4 rings (SSSR count). The summed E-state index contributed by atoms with van der Waals surface area (Å²) in [5.41, 5.74) is 9.61. The van der Waals surface area contributed by atoms with E-state index in [4.69, 9.17) is 0 Å². The number of fused-ring (bicyclic) bond motifs is 2. The van der Waals surface area contributed by atoms with Gasteiger partial charge in [0.15, 0.2) is 0 Å². The quantitative estimate of drug-likeness (QED) is 0.505. The number of likely N-dealkylation sites (N-methyl/N-ethyl adjacent to an activating group) is 2. The van der Waals surface area contributed by atoms with E-state index in [1.54, 1.807) is 33.4 Å². The third-order valence-corrected chi connectivity index (χ3v) is 7.86. The van der Waals surface area contributed by atoms with E-state index < -0.39 is 0 Å². The molecule has 0 N–H and O–H groups in total. The highest BCUT2D eigenvalue weighted by Crippen LogP contribution is 2.41. The van der Waals surface area contributed by atoms with Crippen molar-refractivity contribution in [3.63, 3.8) is 0 Å². The van der Waals surface area contributed by atoms with Crippen molar-refractivity contribution in [1.82, 2.24) is 9.80 Å². The Labute approximate surface area is 190 Å². The van der Waals surface area contributed by atoms with Gasteiger partial charge in [0.05, 0.1) is 0 Å². The summed E-state index contributed by atoms with van der Waals surface area (Å²) in [4.78, 5) is 5.23. The van der Waals surface area contributed by atoms with Crippen LogP contribution in [0.3, 0.4) is 0 Å². The molecule has 0 bridgehead atoms. The fourth-order valence-corrected chi connectivity index (χ4v) is 6.10. The first-order valence-electron chi connectivity index (χ1n) is 12.5. The molecule has 168 valence electrons. The van der Waals surface area contributed by atoms with Crippen molar-refractivity contribution in [2.75, 3.05) is 27.2 Å². The van der Waals surface area contributed by atoms with Crippen molar-refractivity contribution in [2.45, 2.75) is 83.7 Å². The summed E-state index contributed by atoms with van der Waals surface area (Å²) in [6.45, 7) is 11.8. The molecule has 2 aromatic carbocycles. The number of hydrogen-bond acceptors (Lipinski definition) is 2. The van der Waals surface area contributed by atoms with Crippen LogP contribution in [0.15, 0.2) is 36.4 Å². The molecule has 2 atom stereocenters. The molecule has 0 saturated carbocycles. The highest BCUT2D eigenvalue weighted by molar-refractivity contribution is 5.42. The average molecular weight is 419 g/mol. The minimum absolute atomic E-state index is 0.566. The number of nitrogens with zero attached hydrogens (tertiary/aromatic N) is 2. The normalized spacial score (nSPS) is 22.1. The van der Waals surface area contributed by atoms with Gasteiger partial charge in [0.2, 0.25) is 0 Å². The lowest BCUT2D eigenvalue weighted by molar-refractivity contribution is 0.188. The van der Waals surface area contributed by atoms with Gasteiger partial charge >= 0.3 is 0 Å². The predicted octanol–water partition coefficient (Wildman–Crippen LogP) is 6.86. The van der Waals surface area contributed by atoms with Crippen LogP contribution in [0.25, 0.3) is 0 Å². The first-order chi connectivity index (χ1) is 14.9. The van der Waals surface area contributed by atoms with Gasteiger partial charge in [-0.15, -0.1) is 0 Å². The summed E-state index contributed by atoms with van der Waals surface area (Å²) < 4.78 is 0. The maximum Gasteiger partial charge on any atom is 0.0350 e. The van der Waals surface area contributed by atoms with Crippen molar-refractivity contribution >= 4 is 0 Å². The van der Waals surface area contributed by atoms with Gasteiger partial charge in [-0.05, 0) is 91.4 Å². The first kappa shape index (κ1) is 22.6. The lowest BCUT2D eigenvalue weighted by Crippen LogP contribution is -2.35. The Morgan fingerprint density at radius 1 is 0.710 bits per heavy atom. The fourth-order valence-electron chi connectivity index (χ4n) is 6.10. The van der Waals surface area contributed by atoms with Crippen LogP contribution >= 0.6 is 0 Å². The van der Waals surface area contributed by atoms with E-state index in [0.717, 1.165) is 0 Å². The molecule has 2 unspecified atom stereocenters. The van der Waals surface area contributed by atoms with Gasteiger partial charge in [-0.25, -0.2) is 0 Å². The molecule has 0 aliphatic carbocycles. The zero-order valence-corrected chi connectivity index (χ0v) is 20.6. The standard InChI is InChI=1S/C29H42N2/c1-20(2)24-12-7-10-22-16-18-30(5)26(28(22)24)14-9-15-27-29-23(17-19-31(27)6)11-8-13-25(29)21(3)4/h7-8,10-13,20-21,26-27H,9,14-19H2,1-6H3. The van der Waals surface area contributed by atoms with Crippen molar-refractivity contribution in [2.24, 2.45) is 0 Å². The third-order valence-electron chi connectivity index (χ3n) is 7.86. The molecule has 2 aromatic rings. The highest BCUT2D eigenvalue weighted by Gasteiger charge is 2.30. The SMILES string of the molecule is CC(C)c1cccc2c1C(CCCC1c3c(cccc3C(C)C)CCN1C)N(C)CC2. The topological polar surface area (TPSA) is 6.48 Å². The predicted molar refractivity (Wildman–Crippen MR) is 133 cm³/mol. The van der Waals surface area contributed by atoms with Crippen LogP contribution in [0.2, 0.25) is 0 Å². The Kier molecular flexibility index (Phi) is 6.89. The van der Waals surface area contributed by atoms with Gasteiger partial charge in [0.1, 0.15) is 0 Å². The maximum atomic E-state index is 2.62. The Morgan fingerprint density at radius 3 is 1.52 bits per heavy atom. The monoisotopic (exact) mass is 418 g/mol. The lowest BCUT2D eigenvalue weighted by atomic mass is 9.81. The lowest BCUT2D eigenvalue weighted by Gasteiger charge is -2.39. The van der Waals surface area contributed by atoms with E-state index >= 15 is 0 Å². The van der Waals surface area contributed by atoms with Crippen molar-refractivity contribution in [3.05, 3.63) is 69.8 Å². The highest BCUT2D eigenvalue weighted by atomic mass is 15.1. The van der Waals surface area contributed by atoms with Gasteiger partial charge in [0, 0.05) is 25.2 Å². The zero-order valence-electron chi connectivity index (χ0n) is 20.6. The van der Waals surface area contributed by atoms with Gasteiger partial charge in [0.25, 0.3) is 0 Å². The number of rotatable bonds is 6. The second-order valence-electron chi connectivity index (χ2n) is 10.6. The molecule has 0 aromatic heterocycles. The molecule has 0 saturated heterocycles. The molecule has 0 amide bonds.